The highest BCUT2D eigenvalue weighted by molar-refractivity contribution is 6.37. The van der Waals surface area contributed by atoms with Gasteiger partial charge >= 0.3 is 12.1 Å². The largest absolute Gasteiger partial charge is 0.496 e. The van der Waals surface area contributed by atoms with Crippen molar-refractivity contribution < 1.29 is 32.2 Å². The summed E-state index contributed by atoms with van der Waals surface area (Å²) in [5, 5.41) is 3.36. The maximum Gasteiger partial charge on any atom is 0.471 e. The number of ether oxygens (including phenoxy) is 2. The van der Waals surface area contributed by atoms with E-state index >= 15 is 0 Å². The summed E-state index contributed by atoms with van der Waals surface area (Å²) in [5.41, 5.74) is 1.56. The fourth-order valence-electron chi connectivity index (χ4n) is 4.20. The van der Waals surface area contributed by atoms with E-state index in [1.807, 2.05) is 19.9 Å². The molecule has 0 saturated carbocycles. The number of nitrogens with one attached hydrogen (secondary N) is 1. The Morgan fingerprint density at radius 1 is 1.14 bits per heavy atom. The van der Waals surface area contributed by atoms with Crippen LogP contribution in [0.3, 0.4) is 0 Å². The van der Waals surface area contributed by atoms with Gasteiger partial charge in [0.1, 0.15) is 11.5 Å². The Morgan fingerprint density at radius 3 is 2.41 bits per heavy atom. The molecule has 0 bridgehead atoms. The number of likely N-dealkylation sites (tertiary alicyclic amines) is 1. The molecule has 2 aromatic rings. The van der Waals surface area contributed by atoms with E-state index in [4.69, 9.17) is 32.7 Å². The van der Waals surface area contributed by atoms with Gasteiger partial charge in [0, 0.05) is 31.6 Å². The van der Waals surface area contributed by atoms with Gasteiger partial charge in [-0.3, -0.25) is 9.59 Å². The Balaban J connectivity index is 1.59. The van der Waals surface area contributed by atoms with Crippen molar-refractivity contribution in [3.05, 3.63) is 51.5 Å². The van der Waals surface area contributed by atoms with Gasteiger partial charge < -0.3 is 19.7 Å². The van der Waals surface area contributed by atoms with Gasteiger partial charge in [-0.1, -0.05) is 43.1 Å². The molecule has 37 heavy (non-hydrogen) atoms. The van der Waals surface area contributed by atoms with Crippen LogP contribution in [-0.4, -0.2) is 43.1 Å². The van der Waals surface area contributed by atoms with Gasteiger partial charge in [-0.15, -0.1) is 0 Å². The molecule has 1 N–H and O–H groups in total. The maximum atomic E-state index is 12.6. The Bertz CT molecular complexity index is 1130. The molecule has 1 aliphatic rings. The first-order chi connectivity index (χ1) is 17.4. The Morgan fingerprint density at radius 2 is 1.81 bits per heavy atom. The van der Waals surface area contributed by atoms with Crippen molar-refractivity contribution in [1.82, 2.24) is 10.2 Å². The first-order valence-electron chi connectivity index (χ1n) is 11.9. The monoisotopic (exact) mass is 560 g/mol. The minimum Gasteiger partial charge on any atom is -0.496 e. The molecule has 0 aliphatic carbocycles. The standard InChI is InChI=1S/C26H29Cl2F3N2O4/c1-15(2)19-13-18(5-7-21(19)36-3)37-24-20(27)6-4-17(23(24)28)14-32-22(34)12-16-8-10-33(11-9-16)25(35)26(29,30)31/h4-7,13,15-16H,8-12,14H2,1-3H3,(H,32,34). The fourth-order valence-corrected chi connectivity index (χ4v) is 4.71. The number of halogens is 5. The van der Waals surface area contributed by atoms with E-state index in [2.05, 4.69) is 5.32 Å². The average molecular weight is 561 g/mol. The van der Waals surface area contributed by atoms with Crippen LogP contribution >= 0.6 is 23.2 Å². The van der Waals surface area contributed by atoms with Crippen molar-refractivity contribution in [2.24, 2.45) is 5.92 Å². The van der Waals surface area contributed by atoms with Gasteiger partial charge in [0.2, 0.25) is 5.91 Å². The summed E-state index contributed by atoms with van der Waals surface area (Å²) in [7, 11) is 1.60. The molecule has 11 heteroatoms. The molecule has 202 valence electrons. The van der Waals surface area contributed by atoms with E-state index in [1.54, 1.807) is 31.4 Å². The minimum atomic E-state index is -4.88. The summed E-state index contributed by atoms with van der Waals surface area (Å²) in [6.07, 6.45) is -4.08. The molecule has 2 aromatic carbocycles. The van der Waals surface area contributed by atoms with Crippen LogP contribution < -0.4 is 14.8 Å². The number of hydrogen-bond acceptors (Lipinski definition) is 4. The number of benzene rings is 2. The van der Waals surface area contributed by atoms with Gasteiger partial charge in [0.25, 0.3) is 0 Å². The number of alkyl halides is 3. The van der Waals surface area contributed by atoms with Crippen LogP contribution in [0.2, 0.25) is 10.0 Å². The van der Waals surface area contributed by atoms with Crippen LogP contribution in [-0.2, 0) is 16.1 Å². The number of hydrogen-bond donors (Lipinski definition) is 1. The molecule has 2 amide bonds. The zero-order valence-electron chi connectivity index (χ0n) is 20.8. The molecule has 0 radical (unpaired) electrons. The molecule has 0 atom stereocenters. The van der Waals surface area contributed by atoms with Gasteiger partial charge in [-0.2, -0.15) is 13.2 Å². The van der Waals surface area contributed by atoms with Gasteiger partial charge in [-0.25, -0.2) is 0 Å². The zero-order chi connectivity index (χ0) is 27.3. The number of methoxy groups -OCH3 is 1. The second-order valence-corrected chi connectivity index (χ2v) is 10.0. The van der Waals surface area contributed by atoms with E-state index in [9.17, 15) is 22.8 Å². The lowest BCUT2D eigenvalue weighted by atomic mass is 9.93. The molecule has 1 fully saturated rings. The molecule has 1 aliphatic heterocycles. The predicted molar refractivity (Wildman–Crippen MR) is 135 cm³/mol. The molecule has 0 aromatic heterocycles. The van der Waals surface area contributed by atoms with Gasteiger partial charge in [0.15, 0.2) is 5.75 Å². The minimum absolute atomic E-state index is 0.0239. The van der Waals surface area contributed by atoms with Gasteiger partial charge in [-0.05, 0) is 54.5 Å². The Hall–Kier alpha value is -2.65. The second kappa shape index (κ2) is 12.3. The number of rotatable bonds is 8. The summed E-state index contributed by atoms with van der Waals surface area (Å²) in [6.45, 7) is 4.15. The third-order valence-corrected chi connectivity index (χ3v) is 6.98. The van der Waals surface area contributed by atoms with Crippen LogP contribution in [0.25, 0.3) is 0 Å². The zero-order valence-corrected chi connectivity index (χ0v) is 22.3. The van der Waals surface area contributed by atoms with Crippen molar-refractivity contribution in [3.63, 3.8) is 0 Å². The predicted octanol–water partition coefficient (Wildman–Crippen LogP) is 6.72. The van der Waals surface area contributed by atoms with E-state index in [0.717, 1.165) is 16.2 Å². The SMILES string of the molecule is COc1ccc(Oc2c(Cl)ccc(CNC(=O)CC3CCN(C(=O)C(F)(F)F)CC3)c2Cl)cc1C(C)C. The lowest BCUT2D eigenvalue weighted by Gasteiger charge is -2.32. The summed E-state index contributed by atoms with van der Waals surface area (Å²) in [6, 6.07) is 8.73. The van der Waals surface area contributed by atoms with Crippen LogP contribution in [0.1, 0.15) is 50.2 Å². The van der Waals surface area contributed by atoms with Gasteiger partial charge in [0.05, 0.1) is 17.2 Å². The van der Waals surface area contributed by atoms with E-state index in [0.29, 0.717) is 29.2 Å². The number of nitrogens with zero attached hydrogens (tertiary/aromatic N) is 1. The van der Waals surface area contributed by atoms with Crippen molar-refractivity contribution in [2.75, 3.05) is 20.2 Å². The number of carbonyl (C=O) groups is 2. The maximum absolute atomic E-state index is 12.6. The molecule has 1 saturated heterocycles. The average Bonchev–Trinajstić information content (AvgIpc) is 2.85. The summed E-state index contributed by atoms with van der Waals surface area (Å²) in [4.78, 5) is 24.6. The molecular formula is C26H29Cl2F3N2O4. The number of amides is 2. The lowest BCUT2D eigenvalue weighted by molar-refractivity contribution is -0.186. The van der Waals surface area contributed by atoms with Crippen molar-refractivity contribution in [1.29, 1.82) is 0 Å². The number of carbonyl (C=O) groups excluding carboxylic acids is 2. The van der Waals surface area contributed by atoms with Crippen LogP contribution in [0.5, 0.6) is 17.2 Å². The van der Waals surface area contributed by atoms with Crippen molar-refractivity contribution >= 4 is 35.0 Å². The Kier molecular flexibility index (Phi) is 9.58. The Labute approximate surface area is 224 Å². The summed E-state index contributed by atoms with van der Waals surface area (Å²) in [5.74, 6) is -0.466. The lowest BCUT2D eigenvalue weighted by Crippen LogP contribution is -2.45. The van der Waals surface area contributed by atoms with Crippen LogP contribution in [0.4, 0.5) is 13.2 Å². The molecule has 0 spiro atoms. The van der Waals surface area contributed by atoms with E-state index in [1.165, 1.54) is 0 Å². The molecule has 3 rings (SSSR count). The van der Waals surface area contributed by atoms with E-state index in [-0.39, 0.29) is 54.6 Å². The molecule has 1 heterocycles. The molecule has 0 unspecified atom stereocenters. The molecule has 6 nitrogen and oxygen atoms in total. The first kappa shape index (κ1) is 28.9. The highest BCUT2D eigenvalue weighted by atomic mass is 35.5. The van der Waals surface area contributed by atoms with Crippen molar-refractivity contribution in [2.45, 2.75) is 51.7 Å². The highest BCUT2D eigenvalue weighted by Gasteiger charge is 2.43. The first-order valence-corrected chi connectivity index (χ1v) is 12.6. The van der Waals surface area contributed by atoms with Crippen molar-refractivity contribution in [3.8, 4) is 17.2 Å². The smallest absolute Gasteiger partial charge is 0.471 e. The van der Waals surface area contributed by atoms with E-state index < -0.39 is 12.1 Å². The topological polar surface area (TPSA) is 67.9 Å². The highest BCUT2D eigenvalue weighted by Crippen LogP contribution is 2.40. The third kappa shape index (κ3) is 7.45. The van der Waals surface area contributed by atoms with Crippen LogP contribution in [0.15, 0.2) is 30.3 Å². The van der Waals surface area contributed by atoms with Crippen LogP contribution in [0, 0.1) is 5.92 Å². The number of piperidine rings is 1. The summed E-state index contributed by atoms with van der Waals surface area (Å²) >= 11 is 12.9. The quantitative estimate of drug-likeness (QED) is 0.389. The second-order valence-electron chi connectivity index (χ2n) is 9.22. The fraction of sp³-hybridized carbons (Fsp3) is 0.462. The normalized spacial score (nSPS) is 14.6. The summed E-state index contributed by atoms with van der Waals surface area (Å²) < 4.78 is 49.2. The molecular weight excluding hydrogens is 532 g/mol. The third-order valence-electron chi connectivity index (χ3n) is 6.27.